The van der Waals surface area contributed by atoms with Crippen LogP contribution in [0.25, 0.3) is 5.69 Å². The first-order valence-corrected chi connectivity index (χ1v) is 15.4. The number of ketones is 1. The number of piperidine rings is 2. The minimum absolute atomic E-state index is 0.0695. The van der Waals surface area contributed by atoms with Crippen LogP contribution in [-0.2, 0) is 6.54 Å². The lowest BCUT2D eigenvalue weighted by Crippen LogP contribution is -2.52. The lowest BCUT2D eigenvalue weighted by Gasteiger charge is -2.35. The van der Waals surface area contributed by atoms with Gasteiger partial charge in [-0.25, -0.2) is 9.07 Å². The van der Waals surface area contributed by atoms with E-state index in [1.165, 1.54) is 18.3 Å². The van der Waals surface area contributed by atoms with Crippen molar-refractivity contribution in [3.8, 4) is 11.8 Å². The molecule has 2 aliphatic rings. The maximum Gasteiger partial charge on any atom is 0.272 e. The molecule has 2 aromatic carbocycles. The molecule has 4 aromatic rings. The molecule has 0 spiro atoms. The zero-order valence-corrected chi connectivity index (χ0v) is 25.3. The molecule has 2 saturated heterocycles. The fourth-order valence-corrected chi connectivity index (χ4v) is 6.07. The number of carbonyl (C=O) groups is 3. The molecule has 4 heterocycles. The van der Waals surface area contributed by atoms with Gasteiger partial charge in [-0.3, -0.25) is 24.3 Å². The second-order valence-electron chi connectivity index (χ2n) is 11.8. The summed E-state index contributed by atoms with van der Waals surface area (Å²) in [5, 5.41) is 16.0. The number of alkyl halides is 1. The number of Topliss-reactive ketones (excluding diaryl/α,β-unsaturated/α-hetero) is 1. The Hall–Kier alpha value is -5.21. The van der Waals surface area contributed by atoms with Crippen LogP contribution >= 0.6 is 0 Å². The van der Waals surface area contributed by atoms with E-state index in [4.69, 9.17) is 5.26 Å². The zero-order chi connectivity index (χ0) is 32.0. The molecule has 2 fully saturated rings. The first kappa shape index (κ1) is 30.8. The number of hydrogen-bond acceptors (Lipinski definition) is 7. The number of nitrogens with one attached hydrogen (secondary N) is 1. The van der Waals surface area contributed by atoms with Crippen LogP contribution in [0, 0.1) is 17.2 Å². The summed E-state index contributed by atoms with van der Waals surface area (Å²) < 4.78 is 16.8. The van der Waals surface area contributed by atoms with Crippen molar-refractivity contribution in [2.45, 2.75) is 38.0 Å². The van der Waals surface area contributed by atoms with Crippen LogP contribution in [0.1, 0.15) is 61.6 Å². The van der Waals surface area contributed by atoms with Gasteiger partial charge < -0.3 is 10.2 Å². The summed E-state index contributed by atoms with van der Waals surface area (Å²) in [5.74, 6) is -0.780. The van der Waals surface area contributed by atoms with E-state index in [1.807, 2.05) is 53.6 Å². The van der Waals surface area contributed by atoms with E-state index < -0.39 is 18.1 Å². The quantitative estimate of drug-likeness (QED) is 0.293. The Balaban J connectivity index is 0.964. The lowest BCUT2D eigenvalue weighted by atomic mass is 9.88. The maximum absolute atomic E-state index is 15.0. The number of nitrogens with zero attached hydrogens (tertiary/aromatic N) is 6. The number of likely N-dealkylation sites (tertiary alicyclic amines) is 2. The van der Waals surface area contributed by atoms with Crippen molar-refractivity contribution in [1.82, 2.24) is 29.9 Å². The molecule has 0 unspecified atom stereocenters. The van der Waals surface area contributed by atoms with Crippen molar-refractivity contribution in [1.29, 1.82) is 5.26 Å². The van der Waals surface area contributed by atoms with Crippen LogP contribution in [0.5, 0.6) is 0 Å². The number of pyridine rings is 1. The Morgan fingerprint density at radius 2 is 1.67 bits per heavy atom. The van der Waals surface area contributed by atoms with E-state index in [9.17, 15) is 14.4 Å². The van der Waals surface area contributed by atoms with E-state index in [0.29, 0.717) is 56.6 Å². The Labute approximate surface area is 266 Å². The van der Waals surface area contributed by atoms with Crippen molar-refractivity contribution in [2.24, 2.45) is 5.92 Å². The van der Waals surface area contributed by atoms with Crippen molar-refractivity contribution in [2.75, 3.05) is 26.2 Å². The van der Waals surface area contributed by atoms with Crippen LogP contribution in [-0.4, -0.2) is 80.6 Å². The minimum Gasteiger partial charge on any atom is -0.346 e. The predicted octanol–water partition coefficient (Wildman–Crippen LogP) is 4.22. The molecule has 11 heteroatoms. The van der Waals surface area contributed by atoms with Gasteiger partial charge in [-0.05, 0) is 79.4 Å². The summed E-state index contributed by atoms with van der Waals surface area (Å²) in [6.45, 7) is 2.26. The van der Waals surface area contributed by atoms with Gasteiger partial charge in [-0.1, -0.05) is 12.1 Å². The van der Waals surface area contributed by atoms with Gasteiger partial charge in [0.2, 0.25) is 0 Å². The van der Waals surface area contributed by atoms with Gasteiger partial charge in [0.05, 0.1) is 28.9 Å². The van der Waals surface area contributed by atoms with Gasteiger partial charge in [0, 0.05) is 62.8 Å². The van der Waals surface area contributed by atoms with Crippen LogP contribution in [0.4, 0.5) is 4.39 Å². The summed E-state index contributed by atoms with van der Waals surface area (Å²) in [5.41, 5.74) is 3.58. The molecule has 2 atom stereocenters. The van der Waals surface area contributed by atoms with E-state index in [1.54, 1.807) is 27.9 Å². The number of carbonyl (C=O) groups excluding carboxylic acids is 3. The van der Waals surface area contributed by atoms with Crippen molar-refractivity contribution < 1.29 is 18.8 Å². The number of benzene rings is 2. The SMILES string of the molecule is N#Cc1ccc(CN2CC[C@@H](NC(=O)c3ccc(C(=O)N4CCC(C(=O)c5ccc(-n6cccn6)cc5)CC4)nc3)[C@H](F)C2)cc1. The van der Waals surface area contributed by atoms with Crippen LogP contribution < -0.4 is 5.32 Å². The van der Waals surface area contributed by atoms with Gasteiger partial charge in [0.1, 0.15) is 11.9 Å². The normalized spacial score (nSPS) is 18.9. The van der Waals surface area contributed by atoms with Crippen LogP contribution in [0.15, 0.2) is 85.3 Å². The Bertz CT molecular complexity index is 1710. The van der Waals surface area contributed by atoms with Crippen LogP contribution in [0.3, 0.4) is 0 Å². The number of rotatable bonds is 8. The van der Waals surface area contributed by atoms with Crippen molar-refractivity contribution >= 4 is 17.6 Å². The third-order valence-electron chi connectivity index (χ3n) is 8.75. The van der Waals surface area contributed by atoms with Crippen molar-refractivity contribution in [3.05, 3.63) is 113 Å². The zero-order valence-electron chi connectivity index (χ0n) is 25.3. The largest absolute Gasteiger partial charge is 0.346 e. The van der Waals surface area contributed by atoms with Gasteiger partial charge >= 0.3 is 0 Å². The average molecular weight is 620 g/mol. The fraction of sp³-hybridized carbons (Fsp3) is 0.314. The molecule has 2 amide bonds. The summed E-state index contributed by atoms with van der Waals surface area (Å²) in [6.07, 6.45) is 5.23. The molecule has 0 aliphatic carbocycles. The fourth-order valence-electron chi connectivity index (χ4n) is 6.07. The predicted molar refractivity (Wildman–Crippen MR) is 168 cm³/mol. The summed E-state index contributed by atoms with van der Waals surface area (Å²) in [7, 11) is 0. The third-order valence-corrected chi connectivity index (χ3v) is 8.75. The third kappa shape index (κ3) is 7.03. The monoisotopic (exact) mass is 619 g/mol. The first-order valence-electron chi connectivity index (χ1n) is 15.4. The Morgan fingerprint density at radius 1 is 0.935 bits per heavy atom. The van der Waals surface area contributed by atoms with Gasteiger partial charge in [-0.15, -0.1) is 0 Å². The number of amides is 2. The molecule has 2 aliphatic heterocycles. The highest BCUT2D eigenvalue weighted by atomic mass is 19.1. The molecule has 234 valence electrons. The van der Waals surface area contributed by atoms with Gasteiger partial charge in [0.15, 0.2) is 5.78 Å². The van der Waals surface area contributed by atoms with E-state index in [-0.39, 0.29) is 35.4 Å². The highest BCUT2D eigenvalue weighted by Crippen LogP contribution is 2.24. The molecule has 0 saturated carbocycles. The summed E-state index contributed by atoms with van der Waals surface area (Å²) in [6, 6.07) is 21.0. The lowest BCUT2D eigenvalue weighted by molar-refractivity contribution is 0.0645. The number of halogens is 1. The van der Waals surface area contributed by atoms with Gasteiger partial charge in [-0.2, -0.15) is 10.4 Å². The highest BCUT2D eigenvalue weighted by molar-refractivity contribution is 5.99. The summed E-state index contributed by atoms with van der Waals surface area (Å²) >= 11 is 0. The summed E-state index contributed by atoms with van der Waals surface area (Å²) in [4.78, 5) is 47.0. The standard InChI is InChI=1S/C35H34FN7O3/c36-30-23-41(22-25-4-2-24(20-37)3-5-25)17-14-31(30)40-34(45)28-8-11-32(38-21-28)35(46)42-18-12-27(13-19-42)33(44)26-6-9-29(10-7-26)43-16-1-15-39-43/h1-11,15-16,21,27,30-31H,12-14,17-19,22-23H2,(H,40,45)/t30-,31-/m1/s1. The Morgan fingerprint density at radius 3 is 2.30 bits per heavy atom. The van der Waals surface area contributed by atoms with Crippen LogP contribution in [0.2, 0.25) is 0 Å². The van der Waals surface area contributed by atoms with E-state index in [0.717, 1.165) is 11.3 Å². The molecule has 2 aromatic heterocycles. The molecule has 10 nitrogen and oxygen atoms in total. The Kier molecular flexibility index (Phi) is 9.26. The second kappa shape index (κ2) is 13.8. The second-order valence-corrected chi connectivity index (χ2v) is 11.8. The van der Waals surface area contributed by atoms with Crippen molar-refractivity contribution in [3.63, 3.8) is 0 Å². The number of hydrogen-bond donors (Lipinski definition) is 1. The topological polar surface area (TPSA) is 124 Å². The molecule has 1 N–H and O–H groups in total. The molecule has 0 radical (unpaired) electrons. The number of nitriles is 1. The maximum atomic E-state index is 15.0. The van der Waals surface area contributed by atoms with Gasteiger partial charge in [0.25, 0.3) is 11.8 Å². The first-order chi connectivity index (χ1) is 22.4. The molecule has 6 rings (SSSR count). The smallest absolute Gasteiger partial charge is 0.272 e. The molecule has 0 bridgehead atoms. The average Bonchev–Trinajstić information content (AvgIpc) is 3.65. The molecular formula is C35H34FN7O3. The number of aromatic nitrogens is 3. The molecular weight excluding hydrogens is 585 g/mol. The molecule has 46 heavy (non-hydrogen) atoms. The highest BCUT2D eigenvalue weighted by Gasteiger charge is 2.31. The minimum atomic E-state index is -1.24. The van der Waals surface area contributed by atoms with E-state index in [2.05, 4.69) is 21.5 Å². The van der Waals surface area contributed by atoms with E-state index >= 15 is 4.39 Å².